The molecule has 0 unspecified atom stereocenters. The quantitative estimate of drug-likeness (QED) is 0.465. The smallest absolute Gasteiger partial charge is 0.335 e. The number of carboxylic acids is 1. The van der Waals surface area contributed by atoms with Gasteiger partial charge in [-0.1, -0.05) is 12.1 Å². The Labute approximate surface area is 168 Å². The lowest BCUT2D eigenvalue weighted by molar-refractivity contribution is 0.0697. The van der Waals surface area contributed by atoms with E-state index in [1.165, 1.54) is 12.1 Å². The fraction of sp³-hybridized carbons (Fsp3) is 0.200. The summed E-state index contributed by atoms with van der Waals surface area (Å²) in [4.78, 5) is 23.5. The fourth-order valence-corrected chi connectivity index (χ4v) is 2.42. The van der Waals surface area contributed by atoms with Gasteiger partial charge in [-0.15, -0.1) is 0 Å². The number of rotatable bonds is 7. The van der Waals surface area contributed by atoms with Crippen molar-refractivity contribution in [3.05, 3.63) is 53.8 Å². The highest BCUT2D eigenvalue weighted by Gasteiger charge is 2.08. The van der Waals surface area contributed by atoms with Gasteiger partial charge in [0.15, 0.2) is 5.82 Å². The van der Waals surface area contributed by atoms with Gasteiger partial charge >= 0.3 is 5.97 Å². The van der Waals surface area contributed by atoms with Crippen molar-refractivity contribution in [2.45, 2.75) is 0 Å². The van der Waals surface area contributed by atoms with E-state index in [0.717, 1.165) is 11.4 Å². The number of furan rings is 1. The van der Waals surface area contributed by atoms with Crippen LogP contribution in [0.1, 0.15) is 16.1 Å². The number of aromatic nitrogens is 2. The standard InChI is InChI=1S/C20H22N6O3/c1-25(2)18-11-17(22-20(23-18)26(3)4)24-21-12-15-9-10-16(29-15)13-5-7-14(8-6-13)19(27)28/h5-12H,1-4H3,(H,27,28)(H,22,23,24)/b21-12+. The van der Waals surface area contributed by atoms with E-state index in [0.29, 0.717) is 23.3 Å². The summed E-state index contributed by atoms with van der Waals surface area (Å²) in [6.07, 6.45) is 1.54. The first-order valence-corrected chi connectivity index (χ1v) is 8.80. The Morgan fingerprint density at radius 1 is 1.07 bits per heavy atom. The van der Waals surface area contributed by atoms with Crippen LogP contribution in [0.3, 0.4) is 0 Å². The van der Waals surface area contributed by atoms with E-state index in [9.17, 15) is 4.79 Å². The number of carbonyl (C=O) groups is 1. The third-order valence-electron chi connectivity index (χ3n) is 3.97. The predicted octanol–water partition coefficient (Wildman–Crippen LogP) is 3.01. The van der Waals surface area contributed by atoms with Gasteiger partial charge in [0.2, 0.25) is 5.95 Å². The van der Waals surface area contributed by atoms with Gasteiger partial charge in [0, 0.05) is 39.8 Å². The second kappa shape index (κ2) is 8.42. The molecule has 0 saturated carbocycles. The van der Waals surface area contributed by atoms with Crippen molar-refractivity contribution in [3.8, 4) is 11.3 Å². The van der Waals surface area contributed by atoms with E-state index in [1.54, 1.807) is 36.5 Å². The highest BCUT2D eigenvalue weighted by atomic mass is 16.4. The zero-order valence-electron chi connectivity index (χ0n) is 16.6. The molecule has 2 aromatic heterocycles. The van der Waals surface area contributed by atoms with E-state index in [4.69, 9.17) is 9.52 Å². The Morgan fingerprint density at radius 3 is 2.41 bits per heavy atom. The van der Waals surface area contributed by atoms with Crippen LogP contribution in [-0.4, -0.2) is 55.4 Å². The van der Waals surface area contributed by atoms with E-state index >= 15 is 0 Å². The number of nitrogens with one attached hydrogen (secondary N) is 1. The summed E-state index contributed by atoms with van der Waals surface area (Å²) in [5.74, 6) is 2.08. The predicted molar refractivity (Wildman–Crippen MR) is 113 cm³/mol. The van der Waals surface area contributed by atoms with Crippen molar-refractivity contribution >= 4 is 29.8 Å². The van der Waals surface area contributed by atoms with Crippen LogP contribution in [0.15, 0.2) is 52.0 Å². The van der Waals surface area contributed by atoms with Gasteiger partial charge in [-0.3, -0.25) is 5.43 Å². The van der Waals surface area contributed by atoms with Gasteiger partial charge in [-0.05, 0) is 24.3 Å². The van der Waals surface area contributed by atoms with Gasteiger partial charge in [0.1, 0.15) is 17.3 Å². The minimum Gasteiger partial charge on any atom is -0.478 e. The summed E-state index contributed by atoms with van der Waals surface area (Å²) in [6, 6.07) is 11.9. The zero-order valence-corrected chi connectivity index (χ0v) is 16.6. The molecule has 3 rings (SSSR count). The fourth-order valence-electron chi connectivity index (χ4n) is 2.42. The Morgan fingerprint density at radius 2 is 1.79 bits per heavy atom. The molecule has 9 nitrogen and oxygen atoms in total. The van der Waals surface area contributed by atoms with Crippen molar-refractivity contribution in [1.29, 1.82) is 0 Å². The maximum atomic E-state index is 10.9. The lowest BCUT2D eigenvalue weighted by Gasteiger charge is -2.16. The monoisotopic (exact) mass is 394 g/mol. The largest absolute Gasteiger partial charge is 0.478 e. The maximum Gasteiger partial charge on any atom is 0.335 e. The molecule has 0 aliphatic carbocycles. The van der Waals surface area contributed by atoms with Gasteiger partial charge in [0.05, 0.1) is 11.8 Å². The van der Waals surface area contributed by atoms with Crippen LogP contribution in [-0.2, 0) is 0 Å². The van der Waals surface area contributed by atoms with Crippen LogP contribution in [0.25, 0.3) is 11.3 Å². The van der Waals surface area contributed by atoms with Crippen LogP contribution in [0, 0.1) is 0 Å². The molecule has 9 heteroatoms. The number of carboxylic acid groups (broad SMARTS) is 1. The molecule has 0 bridgehead atoms. The lowest BCUT2D eigenvalue weighted by Crippen LogP contribution is -2.17. The minimum atomic E-state index is -0.963. The Kier molecular flexibility index (Phi) is 5.77. The van der Waals surface area contributed by atoms with Crippen molar-refractivity contribution in [3.63, 3.8) is 0 Å². The van der Waals surface area contributed by atoms with E-state index in [2.05, 4.69) is 20.5 Å². The lowest BCUT2D eigenvalue weighted by atomic mass is 10.1. The highest BCUT2D eigenvalue weighted by Crippen LogP contribution is 2.22. The van der Waals surface area contributed by atoms with Gasteiger partial charge in [-0.25, -0.2) is 4.79 Å². The van der Waals surface area contributed by atoms with Gasteiger partial charge in [0.25, 0.3) is 0 Å². The summed E-state index contributed by atoms with van der Waals surface area (Å²) in [5.41, 5.74) is 3.90. The van der Waals surface area contributed by atoms with Crippen molar-refractivity contribution in [2.24, 2.45) is 5.10 Å². The Hall–Kier alpha value is -3.88. The molecule has 29 heavy (non-hydrogen) atoms. The average Bonchev–Trinajstić information content (AvgIpc) is 3.16. The van der Waals surface area contributed by atoms with Crippen LogP contribution in [0.2, 0.25) is 0 Å². The summed E-state index contributed by atoms with van der Waals surface area (Å²) in [5, 5.41) is 13.2. The maximum absolute atomic E-state index is 10.9. The second-order valence-corrected chi connectivity index (χ2v) is 6.65. The molecule has 0 atom stereocenters. The van der Waals surface area contributed by atoms with Crippen LogP contribution in [0.5, 0.6) is 0 Å². The van der Waals surface area contributed by atoms with Crippen molar-refractivity contribution < 1.29 is 14.3 Å². The molecule has 0 radical (unpaired) electrons. The SMILES string of the molecule is CN(C)c1cc(N/N=C/c2ccc(-c3ccc(C(=O)O)cc3)o2)nc(N(C)C)n1. The molecule has 3 aromatic rings. The third kappa shape index (κ3) is 4.89. The molecule has 2 heterocycles. The summed E-state index contributed by atoms with van der Waals surface area (Å²) < 4.78 is 5.75. The average molecular weight is 394 g/mol. The van der Waals surface area contributed by atoms with E-state index < -0.39 is 5.97 Å². The van der Waals surface area contributed by atoms with Crippen molar-refractivity contribution in [2.75, 3.05) is 43.4 Å². The number of nitrogens with zero attached hydrogens (tertiary/aromatic N) is 5. The number of aromatic carboxylic acids is 1. The molecule has 0 aliphatic heterocycles. The van der Waals surface area contributed by atoms with Gasteiger partial charge < -0.3 is 19.3 Å². The molecule has 0 amide bonds. The molecule has 0 fully saturated rings. The molecular weight excluding hydrogens is 372 g/mol. The molecule has 150 valence electrons. The minimum absolute atomic E-state index is 0.227. The molecule has 2 N–H and O–H groups in total. The molecule has 1 aromatic carbocycles. The first-order chi connectivity index (χ1) is 13.8. The Balaban J connectivity index is 1.72. The first kappa shape index (κ1) is 19.9. The summed E-state index contributed by atoms with van der Waals surface area (Å²) >= 11 is 0. The summed E-state index contributed by atoms with van der Waals surface area (Å²) in [7, 11) is 7.55. The summed E-state index contributed by atoms with van der Waals surface area (Å²) in [6.45, 7) is 0. The molecule has 0 saturated heterocycles. The zero-order chi connectivity index (χ0) is 21.0. The normalized spacial score (nSPS) is 10.9. The molecule has 0 spiro atoms. The Bertz CT molecular complexity index is 999. The van der Waals surface area contributed by atoms with Gasteiger partial charge in [-0.2, -0.15) is 15.1 Å². The second-order valence-electron chi connectivity index (χ2n) is 6.65. The van der Waals surface area contributed by atoms with Crippen LogP contribution in [0.4, 0.5) is 17.6 Å². The van der Waals surface area contributed by atoms with Crippen LogP contribution >= 0.6 is 0 Å². The highest BCUT2D eigenvalue weighted by molar-refractivity contribution is 5.88. The number of hydrogen-bond donors (Lipinski definition) is 2. The van der Waals surface area contributed by atoms with Crippen molar-refractivity contribution in [1.82, 2.24) is 9.97 Å². The molecular formula is C20H22N6O3. The topological polar surface area (TPSA) is 107 Å². The number of hydrogen-bond acceptors (Lipinski definition) is 8. The third-order valence-corrected chi connectivity index (χ3v) is 3.97. The number of anilines is 3. The molecule has 0 aliphatic rings. The van der Waals surface area contributed by atoms with E-state index in [1.807, 2.05) is 38.0 Å². The van der Waals surface area contributed by atoms with E-state index in [-0.39, 0.29) is 5.56 Å². The number of benzene rings is 1. The van der Waals surface area contributed by atoms with Crippen LogP contribution < -0.4 is 15.2 Å². The first-order valence-electron chi connectivity index (χ1n) is 8.80. The number of hydrazone groups is 1.